The second kappa shape index (κ2) is 7.44. The quantitative estimate of drug-likeness (QED) is 0.764. The SMILES string of the molecule is CC[C@@H](NS(=O)(=O)CCOc1ccc(C)cc1)C1CC(O)C1. The van der Waals surface area contributed by atoms with Gasteiger partial charge in [0, 0.05) is 6.04 Å². The van der Waals surface area contributed by atoms with Crippen LogP contribution in [0.4, 0.5) is 0 Å². The molecule has 5 nitrogen and oxygen atoms in total. The van der Waals surface area contributed by atoms with E-state index in [4.69, 9.17) is 4.74 Å². The molecule has 1 saturated carbocycles. The van der Waals surface area contributed by atoms with Crippen LogP contribution in [0.1, 0.15) is 31.7 Å². The van der Waals surface area contributed by atoms with Gasteiger partial charge in [-0.1, -0.05) is 24.6 Å². The average molecular weight is 327 g/mol. The largest absolute Gasteiger partial charge is 0.492 e. The molecule has 1 aliphatic rings. The highest BCUT2D eigenvalue weighted by Gasteiger charge is 2.34. The summed E-state index contributed by atoms with van der Waals surface area (Å²) in [7, 11) is -3.37. The molecule has 0 unspecified atom stereocenters. The van der Waals surface area contributed by atoms with E-state index in [0.29, 0.717) is 18.6 Å². The van der Waals surface area contributed by atoms with Crippen LogP contribution in [0.15, 0.2) is 24.3 Å². The van der Waals surface area contributed by atoms with Crippen LogP contribution in [0.2, 0.25) is 0 Å². The van der Waals surface area contributed by atoms with E-state index >= 15 is 0 Å². The number of hydrogen-bond donors (Lipinski definition) is 2. The molecule has 0 aromatic heterocycles. The molecule has 0 amide bonds. The van der Waals surface area contributed by atoms with Gasteiger partial charge < -0.3 is 9.84 Å². The summed E-state index contributed by atoms with van der Waals surface area (Å²) in [5.74, 6) is 0.856. The first-order chi connectivity index (χ1) is 10.4. The van der Waals surface area contributed by atoms with E-state index in [0.717, 1.165) is 12.0 Å². The van der Waals surface area contributed by atoms with E-state index < -0.39 is 10.0 Å². The summed E-state index contributed by atoms with van der Waals surface area (Å²) in [6.07, 6.45) is 1.82. The minimum Gasteiger partial charge on any atom is -0.492 e. The van der Waals surface area contributed by atoms with Gasteiger partial charge >= 0.3 is 0 Å². The van der Waals surface area contributed by atoms with Gasteiger partial charge in [0.05, 0.1) is 11.9 Å². The summed E-state index contributed by atoms with van der Waals surface area (Å²) in [5, 5.41) is 9.35. The fourth-order valence-corrected chi connectivity index (χ4v) is 3.91. The third kappa shape index (κ3) is 4.97. The monoisotopic (exact) mass is 327 g/mol. The Morgan fingerprint density at radius 3 is 2.50 bits per heavy atom. The number of benzene rings is 1. The molecule has 6 heteroatoms. The van der Waals surface area contributed by atoms with Crippen LogP contribution in [0.3, 0.4) is 0 Å². The Hall–Kier alpha value is -1.11. The average Bonchev–Trinajstić information content (AvgIpc) is 2.44. The van der Waals surface area contributed by atoms with E-state index in [9.17, 15) is 13.5 Å². The summed E-state index contributed by atoms with van der Waals surface area (Å²) in [4.78, 5) is 0. The summed E-state index contributed by atoms with van der Waals surface area (Å²) in [5.41, 5.74) is 1.13. The Labute approximate surface area is 132 Å². The van der Waals surface area contributed by atoms with Crippen molar-refractivity contribution in [3.63, 3.8) is 0 Å². The third-order valence-corrected chi connectivity index (χ3v) is 5.50. The van der Waals surface area contributed by atoms with Gasteiger partial charge in [-0.3, -0.25) is 0 Å². The summed E-state index contributed by atoms with van der Waals surface area (Å²) in [6, 6.07) is 7.43. The van der Waals surface area contributed by atoms with Crippen LogP contribution in [-0.2, 0) is 10.0 Å². The molecule has 1 aromatic rings. The van der Waals surface area contributed by atoms with Crippen LogP contribution in [0, 0.1) is 12.8 Å². The molecule has 0 heterocycles. The first-order valence-corrected chi connectivity index (χ1v) is 9.42. The number of hydrogen-bond acceptors (Lipinski definition) is 4. The highest BCUT2D eigenvalue weighted by atomic mass is 32.2. The smallest absolute Gasteiger partial charge is 0.215 e. The maximum absolute atomic E-state index is 12.1. The first kappa shape index (κ1) is 17.2. The van der Waals surface area contributed by atoms with E-state index in [2.05, 4.69) is 4.72 Å². The van der Waals surface area contributed by atoms with Crippen molar-refractivity contribution in [3.05, 3.63) is 29.8 Å². The molecule has 2 N–H and O–H groups in total. The van der Waals surface area contributed by atoms with Gasteiger partial charge in [-0.25, -0.2) is 13.1 Å². The fraction of sp³-hybridized carbons (Fsp3) is 0.625. The molecule has 0 saturated heterocycles. The van der Waals surface area contributed by atoms with Crippen LogP contribution in [-0.4, -0.2) is 38.0 Å². The topological polar surface area (TPSA) is 75.6 Å². The summed E-state index contributed by atoms with van der Waals surface area (Å²) in [6.45, 7) is 4.07. The Balaban J connectivity index is 1.79. The van der Waals surface area contributed by atoms with Crippen LogP contribution >= 0.6 is 0 Å². The zero-order chi connectivity index (χ0) is 16.2. The molecule has 124 valence electrons. The third-order valence-electron chi connectivity index (χ3n) is 4.13. The number of nitrogens with one attached hydrogen (secondary N) is 1. The van der Waals surface area contributed by atoms with E-state index in [1.165, 1.54) is 0 Å². The number of ether oxygens (including phenoxy) is 1. The van der Waals surface area contributed by atoms with Crippen molar-refractivity contribution in [1.29, 1.82) is 0 Å². The van der Waals surface area contributed by atoms with E-state index in [1.54, 1.807) is 0 Å². The lowest BCUT2D eigenvalue weighted by atomic mass is 9.77. The van der Waals surface area contributed by atoms with Crippen molar-refractivity contribution in [2.45, 2.75) is 45.3 Å². The Kier molecular flexibility index (Phi) is 5.83. The lowest BCUT2D eigenvalue weighted by Crippen LogP contribution is -2.47. The lowest BCUT2D eigenvalue weighted by Gasteiger charge is -2.37. The first-order valence-electron chi connectivity index (χ1n) is 7.77. The van der Waals surface area contributed by atoms with Gasteiger partial charge in [0.2, 0.25) is 10.0 Å². The van der Waals surface area contributed by atoms with Gasteiger partial charge in [0.15, 0.2) is 0 Å². The zero-order valence-corrected chi connectivity index (χ0v) is 14.0. The van der Waals surface area contributed by atoms with Crippen molar-refractivity contribution in [2.75, 3.05) is 12.4 Å². The summed E-state index contributed by atoms with van der Waals surface area (Å²) < 4.78 is 32.4. The molecule has 1 aliphatic carbocycles. The predicted molar refractivity (Wildman–Crippen MR) is 86.4 cm³/mol. The van der Waals surface area contributed by atoms with Crippen molar-refractivity contribution in [1.82, 2.24) is 4.72 Å². The predicted octanol–water partition coefficient (Wildman–Crippen LogP) is 1.84. The normalized spacial score (nSPS) is 22.9. The maximum atomic E-state index is 12.1. The molecular weight excluding hydrogens is 302 g/mol. The van der Waals surface area contributed by atoms with Crippen LogP contribution in [0.25, 0.3) is 0 Å². The van der Waals surface area contributed by atoms with Gasteiger partial charge in [-0.05, 0) is 44.2 Å². The molecule has 1 atom stereocenters. The van der Waals surface area contributed by atoms with Crippen molar-refractivity contribution in [2.24, 2.45) is 5.92 Å². The molecule has 0 radical (unpaired) electrons. The molecule has 0 bridgehead atoms. The van der Waals surface area contributed by atoms with Crippen molar-refractivity contribution < 1.29 is 18.3 Å². The molecule has 0 spiro atoms. The van der Waals surface area contributed by atoms with E-state index in [1.807, 2.05) is 38.1 Å². The molecular formula is C16H25NO4S. The Morgan fingerprint density at radius 1 is 1.32 bits per heavy atom. The number of sulfonamides is 1. The van der Waals surface area contributed by atoms with Gasteiger partial charge in [-0.15, -0.1) is 0 Å². The number of aliphatic hydroxyl groups excluding tert-OH is 1. The van der Waals surface area contributed by atoms with Gasteiger partial charge in [0.1, 0.15) is 12.4 Å². The zero-order valence-electron chi connectivity index (χ0n) is 13.2. The number of aryl methyl sites for hydroxylation is 1. The molecule has 2 rings (SSSR count). The second-order valence-corrected chi connectivity index (χ2v) is 7.87. The van der Waals surface area contributed by atoms with Crippen molar-refractivity contribution in [3.8, 4) is 5.75 Å². The highest BCUT2D eigenvalue weighted by molar-refractivity contribution is 7.89. The number of rotatable bonds is 8. The van der Waals surface area contributed by atoms with E-state index in [-0.39, 0.29) is 30.4 Å². The Morgan fingerprint density at radius 2 is 1.95 bits per heavy atom. The maximum Gasteiger partial charge on any atom is 0.215 e. The van der Waals surface area contributed by atoms with Gasteiger partial charge in [-0.2, -0.15) is 0 Å². The molecule has 1 aromatic carbocycles. The molecule has 1 fully saturated rings. The standard InChI is InChI=1S/C16H25NO4S/c1-3-16(13-10-14(18)11-13)17-22(19,20)9-8-21-15-6-4-12(2)5-7-15/h4-7,13-14,16-18H,3,8-11H2,1-2H3/t13?,14?,16-/m1/s1. The van der Waals surface area contributed by atoms with Gasteiger partial charge in [0.25, 0.3) is 0 Å². The second-order valence-electron chi connectivity index (χ2n) is 6.00. The molecule has 0 aliphatic heterocycles. The number of aliphatic hydroxyl groups is 1. The molecule has 22 heavy (non-hydrogen) atoms. The van der Waals surface area contributed by atoms with Crippen molar-refractivity contribution >= 4 is 10.0 Å². The fourth-order valence-electron chi connectivity index (χ4n) is 2.66. The highest BCUT2D eigenvalue weighted by Crippen LogP contribution is 2.31. The van der Waals surface area contributed by atoms with Crippen LogP contribution < -0.4 is 9.46 Å². The van der Waals surface area contributed by atoms with Crippen LogP contribution in [0.5, 0.6) is 5.75 Å². The lowest BCUT2D eigenvalue weighted by molar-refractivity contribution is 0.0277. The summed E-state index contributed by atoms with van der Waals surface area (Å²) >= 11 is 0. The minimum atomic E-state index is -3.37. The minimum absolute atomic E-state index is 0.0628. The Bertz CT molecular complexity index is 564.